The van der Waals surface area contributed by atoms with Gasteiger partial charge in [0.1, 0.15) is 5.75 Å². The van der Waals surface area contributed by atoms with E-state index in [0.717, 1.165) is 11.5 Å². The van der Waals surface area contributed by atoms with Crippen molar-refractivity contribution in [2.24, 2.45) is 0 Å². The van der Waals surface area contributed by atoms with Crippen LogP contribution in [0.4, 0.5) is 0 Å². The molecule has 0 aliphatic rings. The van der Waals surface area contributed by atoms with E-state index in [1.54, 1.807) is 7.11 Å². The van der Waals surface area contributed by atoms with Crippen LogP contribution >= 0.6 is 0 Å². The van der Waals surface area contributed by atoms with Crippen LogP contribution in [0.5, 0.6) is 11.5 Å². The first-order valence-corrected chi connectivity index (χ1v) is 6.82. The molecule has 0 unspecified atom stereocenters. The highest BCUT2D eigenvalue weighted by molar-refractivity contribution is 6.49. The first-order chi connectivity index (χ1) is 5.74. The van der Waals surface area contributed by atoms with Gasteiger partial charge in [-0.2, -0.15) is 0 Å². The summed E-state index contributed by atoms with van der Waals surface area (Å²) < 4.78 is 10.8. The highest BCUT2D eigenvalue weighted by atomic mass is 27.2. The number of hydrogen-bond donors (Lipinski definition) is 0. The minimum atomic E-state index is -1.02. The second-order valence-corrected chi connectivity index (χ2v) is 5.15. The molecular formula is C9H13AlO2. The molecule has 0 fully saturated rings. The van der Waals surface area contributed by atoms with Crippen LogP contribution < -0.4 is 8.53 Å². The van der Waals surface area contributed by atoms with Crippen molar-refractivity contribution in [3.63, 3.8) is 0 Å². The lowest BCUT2D eigenvalue weighted by atomic mass is 10.3. The van der Waals surface area contributed by atoms with Crippen LogP contribution in [-0.2, 0) is 0 Å². The van der Waals surface area contributed by atoms with Crippen molar-refractivity contribution in [1.82, 2.24) is 0 Å². The largest absolute Gasteiger partial charge is 0.640 e. The van der Waals surface area contributed by atoms with Gasteiger partial charge in [0, 0.05) is 0 Å². The van der Waals surface area contributed by atoms with Gasteiger partial charge in [-0.1, -0.05) is 23.7 Å². The maximum absolute atomic E-state index is 5.65. The van der Waals surface area contributed by atoms with Gasteiger partial charge in [-0.25, -0.2) is 0 Å². The predicted octanol–water partition coefficient (Wildman–Crippen LogP) is 2.33. The Hall–Kier alpha value is -0.648. The van der Waals surface area contributed by atoms with E-state index in [1.165, 1.54) is 0 Å². The van der Waals surface area contributed by atoms with Crippen LogP contribution in [0.25, 0.3) is 0 Å². The van der Waals surface area contributed by atoms with E-state index in [9.17, 15) is 0 Å². The molecule has 0 radical (unpaired) electrons. The Bertz CT molecular complexity index is 248. The van der Waals surface area contributed by atoms with Crippen LogP contribution in [0.1, 0.15) is 0 Å². The minimum Gasteiger partial charge on any atom is -0.640 e. The van der Waals surface area contributed by atoms with Crippen molar-refractivity contribution in [3.05, 3.63) is 24.3 Å². The average Bonchev–Trinajstić information content (AvgIpc) is 2.04. The number of hydrogen-bond acceptors (Lipinski definition) is 2. The van der Waals surface area contributed by atoms with Gasteiger partial charge < -0.3 is 8.53 Å². The van der Waals surface area contributed by atoms with Gasteiger partial charge in [0.05, 0.1) is 7.11 Å². The number of para-hydroxylation sites is 2. The smallest absolute Gasteiger partial charge is 0.540 e. The lowest BCUT2D eigenvalue weighted by Crippen LogP contribution is -2.11. The first-order valence-electron chi connectivity index (χ1n) is 4.03. The molecule has 0 aliphatic carbocycles. The lowest BCUT2D eigenvalue weighted by molar-refractivity contribution is 0.394. The van der Waals surface area contributed by atoms with Crippen LogP contribution in [0.15, 0.2) is 24.3 Å². The molecule has 1 aromatic rings. The number of ether oxygens (including phenoxy) is 1. The molecule has 3 heteroatoms. The molecular weight excluding hydrogens is 167 g/mol. The number of benzene rings is 1. The predicted molar refractivity (Wildman–Crippen MR) is 51.1 cm³/mol. The second kappa shape index (κ2) is 4.40. The standard InChI is InChI=1S/C7H8O2.2CH3.Al/c1-9-7-5-3-2-4-6(7)8;;;/h2-5,8H,1H3;2*1H3;/q;;;+1/p-1. The summed E-state index contributed by atoms with van der Waals surface area (Å²) in [6.07, 6.45) is 0. The Morgan fingerprint density at radius 3 is 2.17 bits per heavy atom. The van der Waals surface area contributed by atoms with Crippen molar-refractivity contribution >= 4 is 14.5 Å². The Labute approximate surface area is 77.8 Å². The number of rotatable bonds is 3. The van der Waals surface area contributed by atoms with Gasteiger partial charge in [0.25, 0.3) is 0 Å². The zero-order valence-electron chi connectivity index (χ0n) is 7.70. The van der Waals surface area contributed by atoms with Crippen molar-refractivity contribution in [2.75, 3.05) is 7.11 Å². The molecule has 0 atom stereocenters. The number of methoxy groups -OCH3 is 1. The Kier molecular flexibility index (Phi) is 3.46. The van der Waals surface area contributed by atoms with Crippen molar-refractivity contribution in [2.45, 2.75) is 11.6 Å². The summed E-state index contributed by atoms with van der Waals surface area (Å²) >= 11 is -1.02. The summed E-state index contributed by atoms with van der Waals surface area (Å²) in [7, 11) is 1.66. The third-order valence-electron chi connectivity index (χ3n) is 1.43. The van der Waals surface area contributed by atoms with Gasteiger partial charge in [0.2, 0.25) is 0 Å². The minimum absolute atomic E-state index is 0.818. The summed E-state index contributed by atoms with van der Waals surface area (Å²) in [5.74, 6) is 5.94. The monoisotopic (exact) mass is 180 g/mol. The quantitative estimate of drug-likeness (QED) is 0.664. The van der Waals surface area contributed by atoms with Crippen LogP contribution in [-0.4, -0.2) is 21.6 Å². The third-order valence-corrected chi connectivity index (χ3v) is 2.16. The normalized spacial score (nSPS) is 9.25. The zero-order chi connectivity index (χ0) is 8.97. The van der Waals surface area contributed by atoms with Crippen LogP contribution in [0.3, 0.4) is 0 Å². The SMILES string of the molecule is COc1ccccc1[O][Al]([CH3])[CH3]. The summed E-state index contributed by atoms with van der Waals surface area (Å²) in [5.41, 5.74) is 0. The molecule has 12 heavy (non-hydrogen) atoms. The summed E-state index contributed by atoms with van der Waals surface area (Å²) in [5, 5.41) is 0. The molecule has 2 nitrogen and oxygen atoms in total. The molecule has 1 aromatic carbocycles. The molecule has 0 N–H and O–H groups in total. The maximum atomic E-state index is 5.65. The van der Waals surface area contributed by atoms with Gasteiger partial charge in [0.15, 0.2) is 5.75 Å². The van der Waals surface area contributed by atoms with E-state index in [0.29, 0.717) is 0 Å². The van der Waals surface area contributed by atoms with E-state index in [-0.39, 0.29) is 0 Å². The van der Waals surface area contributed by atoms with Crippen molar-refractivity contribution in [1.29, 1.82) is 0 Å². The van der Waals surface area contributed by atoms with E-state index in [2.05, 4.69) is 11.6 Å². The molecule has 0 aliphatic heterocycles. The van der Waals surface area contributed by atoms with Gasteiger partial charge >= 0.3 is 14.5 Å². The van der Waals surface area contributed by atoms with Gasteiger partial charge in [-0.05, 0) is 12.1 Å². The fourth-order valence-corrected chi connectivity index (χ4v) is 1.67. The van der Waals surface area contributed by atoms with E-state index in [4.69, 9.17) is 8.53 Å². The van der Waals surface area contributed by atoms with Crippen molar-refractivity contribution in [3.8, 4) is 11.5 Å². The third kappa shape index (κ3) is 2.44. The zero-order valence-corrected chi connectivity index (χ0v) is 8.86. The van der Waals surface area contributed by atoms with Crippen LogP contribution in [0, 0.1) is 0 Å². The molecule has 0 heterocycles. The highest BCUT2D eigenvalue weighted by Crippen LogP contribution is 2.25. The molecule has 64 valence electrons. The van der Waals surface area contributed by atoms with Crippen molar-refractivity contribution < 1.29 is 8.53 Å². The fraction of sp³-hybridized carbons (Fsp3) is 0.333. The lowest BCUT2D eigenvalue weighted by Gasteiger charge is -2.11. The maximum Gasteiger partial charge on any atom is 0.540 e. The molecule has 0 bridgehead atoms. The Morgan fingerprint density at radius 1 is 1.08 bits per heavy atom. The summed E-state index contributed by atoms with van der Waals surface area (Å²) in [6, 6.07) is 7.74. The topological polar surface area (TPSA) is 18.5 Å². The summed E-state index contributed by atoms with van der Waals surface area (Å²) in [6.45, 7) is 0. The summed E-state index contributed by atoms with van der Waals surface area (Å²) in [4.78, 5) is 0. The first kappa shape index (κ1) is 9.44. The van der Waals surface area contributed by atoms with E-state index >= 15 is 0 Å². The van der Waals surface area contributed by atoms with E-state index < -0.39 is 14.5 Å². The molecule has 1 rings (SSSR count). The van der Waals surface area contributed by atoms with Gasteiger partial charge in [-0.3, -0.25) is 0 Å². The second-order valence-electron chi connectivity index (χ2n) is 2.82. The Balaban J connectivity index is 2.82. The fourth-order valence-electron chi connectivity index (χ4n) is 0.970. The molecule has 0 saturated carbocycles. The Morgan fingerprint density at radius 2 is 1.67 bits per heavy atom. The van der Waals surface area contributed by atoms with Crippen LogP contribution in [0.2, 0.25) is 11.6 Å². The molecule has 0 saturated heterocycles. The molecule has 0 amide bonds. The molecule has 0 spiro atoms. The molecule has 0 aromatic heterocycles. The highest BCUT2D eigenvalue weighted by Gasteiger charge is 2.09. The average molecular weight is 180 g/mol. The van der Waals surface area contributed by atoms with Gasteiger partial charge in [-0.15, -0.1) is 0 Å². The van der Waals surface area contributed by atoms with E-state index in [1.807, 2.05) is 24.3 Å².